The van der Waals surface area contributed by atoms with Gasteiger partial charge in [-0.15, -0.1) is 0 Å². The molecule has 72 valence electrons. The van der Waals surface area contributed by atoms with Crippen molar-refractivity contribution in [3.63, 3.8) is 0 Å². The average molecular weight is 209 g/mol. The minimum Gasteiger partial charge on any atom is -0.279 e. The van der Waals surface area contributed by atoms with Crippen molar-refractivity contribution in [2.75, 3.05) is 11.6 Å². The van der Waals surface area contributed by atoms with E-state index < -0.39 is 0 Å². The molecule has 1 aliphatic rings. The Morgan fingerprint density at radius 2 is 2.14 bits per heavy atom. The average Bonchev–Trinajstić information content (AvgIpc) is 2.48. The first-order valence-electron chi connectivity index (χ1n) is 4.19. The maximum atomic E-state index is 11.2. The summed E-state index contributed by atoms with van der Waals surface area (Å²) in [5.74, 6) is -0.148. The number of para-hydroxylation sites is 1. The lowest BCUT2D eigenvalue weighted by molar-refractivity contribution is -0.116. The van der Waals surface area contributed by atoms with Gasteiger partial charge in [0.1, 0.15) is 0 Å². The fraction of sp³-hybridized carbons (Fsp3) is 0.100. The van der Waals surface area contributed by atoms with E-state index in [1.807, 2.05) is 18.2 Å². The minimum atomic E-state index is -0.148. The fourth-order valence-corrected chi connectivity index (χ4v) is 1.56. The van der Waals surface area contributed by atoms with E-state index in [0.29, 0.717) is 17.1 Å². The number of halogens is 1. The predicted molar refractivity (Wildman–Crippen MR) is 56.1 cm³/mol. The molecule has 1 aromatic carbocycles. The molecule has 14 heavy (non-hydrogen) atoms. The van der Waals surface area contributed by atoms with E-state index in [1.54, 1.807) is 11.1 Å². The zero-order valence-corrected chi connectivity index (χ0v) is 8.21. The van der Waals surface area contributed by atoms with Gasteiger partial charge in [0, 0.05) is 5.57 Å². The van der Waals surface area contributed by atoms with Gasteiger partial charge < -0.3 is 0 Å². The van der Waals surface area contributed by atoms with Gasteiger partial charge in [0.2, 0.25) is 0 Å². The van der Waals surface area contributed by atoms with E-state index in [-0.39, 0.29) is 5.91 Å². The molecule has 4 heteroatoms. The third-order valence-electron chi connectivity index (χ3n) is 2.05. The Morgan fingerprint density at radius 3 is 2.71 bits per heavy atom. The summed E-state index contributed by atoms with van der Waals surface area (Å²) in [6.07, 6.45) is 0. The molecule has 3 nitrogen and oxygen atoms in total. The first kappa shape index (κ1) is 9.09. The summed E-state index contributed by atoms with van der Waals surface area (Å²) in [5, 5.41) is 2.30. The molecule has 0 aromatic heterocycles. The summed E-state index contributed by atoms with van der Waals surface area (Å²) in [4.78, 5) is 11.2. The van der Waals surface area contributed by atoms with Crippen molar-refractivity contribution in [2.24, 2.45) is 0 Å². The second-order valence-corrected chi connectivity index (χ2v) is 3.49. The predicted octanol–water partition coefficient (Wildman–Crippen LogP) is 1.75. The molecule has 0 atom stereocenters. The molecule has 1 fully saturated rings. The molecule has 1 amide bonds. The second kappa shape index (κ2) is 3.35. The van der Waals surface area contributed by atoms with Crippen LogP contribution < -0.4 is 10.4 Å². The van der Waals surface area contributed by atoms with Crippen LogP contribution in [0.3, 0.4) is 0 Å². The van der Waals surface area contributed by atoms with Gasteiger partial charge in [0.05, 0.1) is 17.3 Å². The molecule has 1 saturated heterocycles. The van der Waals surface area contributed by atoms with Crippen LogP contribution in [-0.4, -0.2) is 12.5 Å². The first-order chi connectivity index (χ1) is 6.68. The molecular formula is C10H9ClN2O. The highest BCUT2D eigenvalue weighted by Gasteiger charge is 2.23. The van der Waals surface area contributed by atoms with Crippen molar-refractivity contribution in [1.29, 1.82) is 0 Å². The van der Waals surface area contributed by atoms with Crippen molar-refractivity contribution in [1.82, 2.24) is 5.43 Å². The van der Waals surface area contributed by atoms with Gasteiger partial charge in [0.15, 0.2) is 0 Å². The molecule has 1 aliphatic heterocycles. The number of anilines is 1. The number of hydrogen-bond donors (Lipinski definition) is 1. The highest BCUT2D eigenvalue weighted by Crippen LogP contribution is 2.26. The lowest BCUT2D eigenvalue weighted by atomic mass is 10.3. The summed E-state index contributed by atoms with van der Waals surface area (Å²) in [7, 11) is 0. The van der Waals surface area contributed by atoms with Crippen LogP contribution in [0.25, 0.3) is 0 Å². The molecule has 0 spiro atoms. The topological polar surface area (TPSA) is 32.3 Å². The molecular weight excluding hydrogens is 200 g/mol. The number of hydrazine groups is 1. The van der Waals surface area contributed by atoms with E-state index in [0.717, 1.165) is 5.69 Å². The monoisotopic (exact) mass is 208 g/mol. The van der Waals surface area contributed by atoms with Crippen LogP contribution in [-0.2, 0) is 4.79 Å². The zero-order chi connectivity index (χ0) is 10.1. The summed E-state index contributed by atoms with van der Waals surface area (Å²) >= 11 is 5.98. The Hall–Kier alpha value is -1.48. The number of amides is 1. The number of carbonyl (C=O) groups is 1. The summed E-state index contributed by atoms with van der Waals surface area (Å²) in [6, 6.07) is 7.35. The second-order valence-electron chi connectivity index (χ2n) is 3.08. The van der Waals surface area contributed by atoms with E-state index in [1.165, 1.54) is 0 Å². The highest BCUT2D eigenvalue weighted by molar-refractivity contribution is 6.33. The summed E-state index contributed by atoms with van der Waals surface area (Å²) in [6.45, 7) is 4.12. The van der Waals surface area contributed by atoms with Crippen LogP contribution in [0, 0.1) is 0 Å². The van der Waals surface area contributed by atoms with Crippen LogP contribution in [0.5, 0.6) is 0 Å². The van der Waals surface area contributed by atoms with Crippen molar-refractivity contribution in [2.45, 2.75) is 0 Å². The van der Waals surface area contributed by atoms with Crippen LogP contribution in [0.15, 0.2) is 36.4 Å². The van der Waals surface area contributed by atoms with Gasteiger partial charge in [-0.3, -0.25) is 15.2 Å². The molecule has 1 N–H and O–H groups in total. The number of hydrogen-bond acceptors (Lipinski definition) is 2. The largest absolute Gasteiger partial charge is 0.279 e. The van der Waals surface area contributed by atoms with Crippen molar-refractivity contribution in [3.05, 3.63) is 41.4 Å². The van der Waals surface area contributed by atoms with E-state index >= 15 is 0 Å². The van der Waals surface area contributed by atoms with Crippen LogP contribution in [0.4, 0.5) is 5.69 Å². The molecule has 0 bridgehead atoms. The number of carbonyl (C=O) groups excluding carboxylic acids is 1. The first-order valence-corrected chi connectivity index (χ1v) is 4.57. The molecule has 1 heterocycles. The van der Waals surface area contributed by atoms with Gasteiger partial charge in [-0.25, -0.2) is 0 Å². The molecule has 0 saturated carbocycles. The highest BCUT2D eigenvalue weighted by atomic mass is 35.5. The molecule has 0 unspecified atom stereocenters. The van der Waals surface area contributed by atoms with Gasteiger partial charge >= 0.3 is 0 Å². The fourth-order valence-electron chi connectivity index (χ4n) is 1.32. The summed E-state index contributed by atoms with van der Waals surface area (Å²) in [5.41, 5.74) is 4.01. The number of nitrogens with one attached hydrogen (secondary N) is 1. The smallest absolute Gasteiger partial charge is 0.267 e. The SMILES string of the molecule is C=C1CN(c2ccccc2Cl)NC1=O. The van der Waals surface area contributed by atoms with Crippen molar-refractivity contribution >= 4 is 23.2 Å². The van der Waals surface area contributed by atoms with E-state index in [2.05, 4.69) is 12.0 Å². The molecule has 0 radical (unpaired) electrons. The Morgan fingerprint density at radius 1 is 1.43 bits per heavy atom. The normalized spacial score (nSPS) is 15.9. The number of nitrogens with zero attached hydrogens (tertiary/aromatic N) is 1. The van der Waals surface area contributed by atoms with Gasteiger partial charge in [-0.1, -0.05) is 30.3 Å². The molecule has 1 aromatic rings. The zero-order valence-electron chi connectivity index (χ0n) is 7.46. The Bertz CT molecular complexity index is 387. The van der Waals surface area contributed by atoms with Crippen molar-refractivity contribution < 1.29 is 4.79 Å². The van der Waals surface area contributed by atoms with E-state index in [9.17, 15) is 4.79 Å². The van der Waals surface area contributed by atoms with Crippen LogP contribution >= 0.6 is 11.6 Å². The quantitative estimate of drug-likeness (QED) is 0.714. The third kappa shape index (κ3) is 1.46. The summed E-state index contributed by atoms with van der Waals surface area (Å²) < 4.78 is 0. The van der Waals surface area contributed by atoms with Gasteiger partial charge in [-0.05, 0) is 12.1 Å². The maximum absolute atomic E-state index is 11.2. The Labute approximate surface area is 86.9 Å². The lowest BCUT2D eigenvalue weighted by Crippen LogP contribution is -2.33. The molecule has 0 aliphatic carbocycles. The van der Waals surface area contributed by atoms with Crippen LogP contribution in [0.1, 0.15) is 0 Å². The minimum absolute atomic E-state index is 0.148. The van der Waals surface area contributed by atoms with Gasteiger partial charge in [-0.2, -0.15) is 0 Å². The Balaban J connectivity index is 2.30. The maximum Gasteiger partial charge on any atom is 0.267 e. The van der Waals surface area contributed by atoms with Crippen LogP contribution in [0.2, 0.25) is 5.02 Å². The number of rotatable bonds is 1. The van der Waals surface area contributed by atoms with E-state index in [4.69, 9.17) is 11.6 Å². The number of benzene rings is 1. The third-order valence-corrected chi connectivity index (χ3v) is 2.37. The standard InChI is InChI=1S/C10H9ClN2O/c1-7-6-13(12-10(7)14)9-5-3-2-4-8(9)11/h2-5H,1,6H2,(H,12,14). The van der Waals surface area contributed by atoms with Gasteiger partial charge in [0.25, 0.3) is 5.91 Å². The molecule has 2 rings (SSSR count). The lowest BCUT2D eigenvalue weighted by Gasteiger charge is -2.17. The van der Waals surface area contributed by atoms with Crippen molar-refractivity contribution in [3.8, 4) is 0 Å². The Kier molecular flexibility index (Phi) is 2.17.